The zero-order chi connectivity index (χ0) is 20.1. The van der Waals surface area contributed by atoms with Crippen molar-refractivity contribution in [2.24, 2.45) is 0 Å². The highest BCUT2D eigenvalue weighted by atomic mass is 32.2. The molecule has 2 aromatic rings. The highest BCUT2D eigenvalue weighted by Gasteiger charge is 2.34. The Labute approximate surface area is 169 Å². The molecule has 28 heavy (non-hydrogen) atoms. The lowest BCUT2D eigenvalue weighted by Crippen LogP contribution is -2.29. The maximum absolute atomic E-state index is 12.8. The van der Waals surface area contributed by atoms with E-state index in [9.17, 15) is 9.59 Å². The molecule has 1 aliphatic rings. The van der Waals surface area contributed by atoms with Gasteiger partial charge in [-0.25, -0.2) is 0 Å². The highest BCUT2D eigenvalue weighted by molar-refractivity contribution is 8.18. The van der Waals surface area contributed by atoms with E-state index in [1.54, 1.807) is 6.08 Å². The van der Waals surface area contributed by atoms with Crippen LogP contribution in [0.4, 0.5) is 4.79 Å². The number of nitrogens with zero attached hydrogens (tertiary/aromatic N) is 1. The molecule has 148 valence electrons. The minimum Gasteiger partial charge on any atom is -0.494 e. The Bertz CT molecular complexity index is 917. The fraction of sp³-hybridized carbons (Fsp3) is 0.364. The molecule has 0 bridgehead atoms. The molecule has 1 aliphatic heterocycles. The summed E-state index contributed by atoms with van der Waals surface area (Å²) in [6, 6.07) is 9.75. The van der Waals surface area contributed by atoms with Crippen molar-refractivity contribution in [1.29, 1.82) is 0 Å². The first-order valence-corrected chi connectivity index (χ1v) is 10.5. The van der Waals surface area contributed by atoms with Gasteiger partial charge in [0.25, 0.3) is 11.1 Å². The molecule has 0 N–H and O–H groups in total. The Morgan fingerprint density at radius 2 is 1.79 bits per heavy atom. The molecular weight excluding hydrogens is 374 g/mol. The van der Waals surface area contributed by atoms with Crippen LogP contribution in [0.2, 0.25) is 0 Å². The van der Waals surface area contributed by atoms with Gasteiger partial charge < -0.3 is 9.47 Å². The highest BCUT2D eigenvalue weighted by Crippen LogP contribution is 2.37. The zero-order valence-corrected chi connectivity index (χ0v) is 17.3. The number of fused-ring (bicyclic) bond motifs is 1. The van der Waals surface area contributed by atoms with Crippen LogP contribution >= 0.6 is 11.8 Å². The SMILES string of the molecule is CCCCN1C(=O)S/C(=C\c2c(OCC)ccc3ccc(OCC)cc23)C1=O. The van der Waals surface area contributed by atoms with Crippen LogP contribution < -0.4 is 9.47 Å². The van der Waals surface area contributed by atoms with Crippen molar-refractivity contribution in [1.82, 2.24) is 4.90 Å². The lowest BCUT2D eigenvalue weighted by Gasteiger charge is -2.13. The number of rotatable bonds is 8. The molecule has 2 aromatic carbocycles. The average molecular weight is 400 g/mol. The minimum absolute atomic E-state index is 0.210. The molecule has 0 unspecified atom stereocenters. The van der Waals surface area contributed by atoms with Crippen LogP contribution in [0.25, 0.3) is 16.8 Å². The van der Waals surface area contributed by atoms with Gasteiger partial charge in [0.2, 0.25) is 0 Å². The summed E-state index contributed by atoms with van der Waals surface area (Å²) in [5.41, 5.74) is 0.793. The number of carbonyl (C=O) groups excluding carboxylic acids is 2. The largest absolute Gasteiger partial charge is 0.494 e. The van der Waals surface area contributed by atoms with Gasteiger partial charge in [0.15, 0.2) is 0 Å². The predicted molar refractivity (Wildman–Crippen MR) is 114 cm³/mol. The van der Waals surface area contributed by atoms with E-state index in [2.05, 4.69) is 0 Å². The van der Waals surface area contributed by atoms with Crippen molar-refractivity contribution in [3.05, 3.63) is 40.8 Å². The Morgan fingerprint density at radius 3 is 2.50 bits per heavy atom. The number of ether oxygens (including phenoxy) is 2. The minimum atomic E-state index is -0.233. The summed E-state index contributed by atoms with van der Waals surface area (Å²) in [6.45, 7) is 7.44. The van der Waals surface area contributed by atoms with E-state index in [1.165, 1.54) is 4.90 Å². The van der Waals surface area contributed by atoms with E-state index in [0.29, 0.717) is 30.4 Å². The lowest BCUT2D eigenvalue weighted by atomic mass is 10.0. The van der Waals surface area contributed by atoms with Gasteiger partial charge in [0, 0.05) is 12.1 Å². The van der Waals surface area contributed by atoms with Gasteiger partial charge in [0.05, 0.1) is 18.1 Å². The number of hydrogen-bond acceptors (Lipinski definition) is 5. The molecule has 1 saturated heterocycles. The van der Waals surface area contributed by atoms with Gasteiger partial charge in [-0.05, 0) is 67.1 Å². The second kappa shape index (κ2) is 9.15. The Balaban J connectivity index is 2.08. The van der Waals surface area contributed by atoms with Crippen molar-refractivity contribution in [2.45, 2.75) is 33.6 Å². The van der Waals surface area contributed by atoms with Crippen LogP contribution in [0.5, 0.6) is 11.5 Å². The number of carbonyl (C=O) groups is 2. The van der Waals surface area contributed by atoms with Gasteiger partial charge in [-0.2, -0.15) is 0 Å². The van der Waals surface area contributed by atoms with E-state index in [0.717, 1.165) is 46.7 Å². The molecule has 0 aliphatic carbocycles. The summed E-state index contributed by atoms with van der Waals surface area (Å²) in [5, 5.41) is 1.73. The standard InChI is InChI=1S/C22H25NO4S/c1-4-7-12-23-21(24)20(28-22(23)25)14-18-17-13-16(26-5-2)10-8-15(17)9-11-19(18)27-6-3/h8-11,13-14H,4-7,12H2,1-3H3/b20-14-. The number of imide groups is 1. The Morgan fingerprint density at radius 1 is 1.04 bits per heavy atom. The normalized spacial score (nSPS) is 15.7. The van der Waals surface area contributed by atoms with Crippen LogP contribution in [0.3, 0.4) is 0 Å². The quantitative estimate of drug-likeness (QED) is 0.551. The molecule has 0 aromatic heterocycles. The molecule has 6 heteroatoms. The first kappa shape index (κ1) is 20.3. The van der Waals surface area contributed by atoms with Crippen LogP contribution in [-0.2, 0) is 4.79 Å². The third-order valence-corrected chi connectivity index (χ3v) is 5.40. The molecular formula is C22H25NO4S. The summed E-state index contributed by atoms with van der Waals surface area (Å²) >= 11 is 0.989. The molecule has 0 radical (unpaired) electrons. The van der Waals surface area contributed by atoms with Gasteiger partial charge >= 0.3 is 0 Å². The van der Waals surface area contributed by atoms with Crippen LogP contribution in [-0.4, -0.2) is 35.8 Å². The van der Waals surface area contributed by atoms with Crippen molar-refractivity contribution in [2.75, 3.05) is 19.8 Å². The van der Waals surface area contributed by atoms with Crippen LogP contribution in [0.15, 0.2) is 35.2 Å². The van der Waals surface area contributed by atoms with Gasteiger partial charge in [-0.15, -0.1) is 0 Å². The summed E-state index contributed by atoms with van der Waals surface area (Å²) in [7, 11) is 0. The van der Waals surface area contributed by atoms with Crippen molar-refractivity contribution >= 4 is 39.8 Å². The number of thioether (sulfide) groups is 1. The van der Waals surface area contributed by atoms with E-state index in [1.807, 2.05) is 51.1 Å². The summed E-state index contributed by atoms with van der Waals surface area (Å²) < 4.78 is 11.4. The van der Waals surface area contributed by atoms with E-state index < -0.39 is 0 Å². The molecule has 2 amide bonds. The third kappa shape index (κ3) is 4.17. The first-order chi connectivity index (χ1) is 13.6. The maximum Gasteiger partial charge on any atom is 0.293 e. The van der Waals surface area contributed by atoms with E-state index >= 15 is 0 Å². The molecule has 3 rings (SSSR count). The predicted octanol–water partition coefficient (Wildman–Crippen LogP) is 5.47. The molecule has 5 nitrogen and oxygen atoms in total. The topological polar surface area (TPSA) is 55.8 Å². The average Bonchev–Trinajstić information content (AvgIpc) is 2.95. The molecule has 0 saturated carbocycles. The van der Waals surface area contributed by atoms with Crippen molar-refractivity contribution in [3.63, 3.8) is 0 Å². The molecule has 0 spiro atoms. The Hall–Kier alpha value is -2.47. The summed E-state index contributed by atoms with van der Waals surface area (Å²) in [4.78, 5) is 26.8. The van der Waals surface area contributed by atoms with Gasteiger partial charge in [-0.1, -0.05) is 25.5 Å². The second-order valence-electron chi connectivity index (χ2n) is 6.41. The van der Waals surface area contributed by atoms with E-state index in [4.69, 9.17) is 9.47 Å². The third-order valence-electron chi connectivity index (χ3n) is 4.49. The number of hydrogen-bond donors (Lipinski definition) is 0. The summed E-state index contributed by atoms with van der Waals surface area (Å²) in [6.07, 6.45) is 3.51. The summed E-state index contributed by atoms with van der Waals surface area (Å²) in [5.74, 6) is 1.21. The van der Waals surface area contributed by atoms with Gasteiger partial charge in [-0.3, -0.25) is 14.5 Å². The smallest absolute Gasteiger partial charge is 0.293 e. The van der Waals surface area contributed by atoms with Gasteiger partial charge in [0.1, 0.15) is 11.5 Å². The maximum atomic E-state index is 12.8. The number of benzene rings is 2. The number of amides is 2. The zero-order valence-electron chi connectivity index (χ0n) is 16.5. The molecule has 0 atom stereocenters. The van der Waals surface area contributed by atoms with Crippen molar-refractivity contribution < 1.29 is 19.1 Å². The van der Waals surface area contributed by atoms with Crippen LogP contribution in [0, 0.1) is 0 Å². The second-order valence-corrected chi connectivity index (χ2v) is 7.41. The van der Waals surface area contributed by atoms with Crippen molar-refractivity contribution in [3.8, 4) is 11.5 Å². The lowest BCUT2D eigenvalue weighted by molar-refractivity contribution is -0.122. The Kier molecular flexibility index (Phi) is 6.62. The molecule has 1 fully saturated rings. The van der Waals surface area contributed by atoms with E-state index in [-0.39, 0.29) is 11.1 Å². The monoisotopic (exact) mass is 399 g/mol. The fourth-order valence-electron chi connectivity index (χ4n) is 3.13. The fourth-order valence-corrected chi connectivity index (χ4v) is 3.98. The molecule has 1 heterocycles. The van der Waals surface area contributed by atoms with Crippen LogP contribution in [0.1, 0.15) is 39.2 Å². The number of unbranched alkanes of at least 4 members (excludes halogenated alkanes) is 1. The first-order valence-electron chi connectivity index (χ1n) is 9.66.